The Bertz CT molecular complexity index is 331. The first-order chi connectivity index (χ1) is 6.00. The van der Waals surface area contributed by atoms with E-state index in [9.17, 15) is 9.90 Å². The van der Waals surface area contributed by atoms with Gasteiger partial charge in [-0.25, -0.2) is 4.79 Å². The van der Waals surface area contributed by atoms with Crippen molar-refractivity contribution in [2.75, 3.05) is 5.32 Å². The summed E-state index contributed by atoms with van der Waals surface area (Å²) in [6.07, 6.45) is -1.15. The highest BCUT2D eigenvalue weighted by molar-refractivity contribution is 9.11. The molecule has 1 aromatic carbocycles. The van der Waals surface area contributed by atoms with Crippen molar-refractivity contribution in [2.45, 2.75) is 0 Å². The average Bonchev–Trinajstić information content (AvgIpc) is 1.98. The fourth-order valence-electron chi connectivity index (χ4n) is 0.761. The molecule has 0 saturated heterocycles. The van der Waals surface area contributed by atoms with Crippen LogP contribution in [0.4, 0.5) is 10.5 Å². The van der Waals surface area contributed by atoms with Gasteiger partial charge in [0.15, 0.2) is 0 Å². The summed E-state index contributed by atoms with van der Waals surface area (Å²) in [6, 6.07) is 2.93. The predicted molar refractivity (Wildman–Crippen MR) is 55.2 cm³/mol. The third-order valence-electron chi connectivity index (χ3n) is 1.27. The number of nitrogens with one attached hydrogen (secondary N) is 1. The van der Waals surface area contributed by atoms with Crippen molar-refractivity contribution >= 4 is 43.6 Å². The van der Waals surface area contributed by atoms with E-state index in [-0.39, 0.29) is 5.75 Å². The smallest absolute Gasteiger partial charge is 0.409 e. The molecule has 0 aliphatic heterocycles. The second-order valence-electron chi connectivity index (χ2n) is 2.22. The Labute approximate surface area is 90.8 Å². The van der Waals surface area contributed by atoms with Crippen molar-refractivity contribution in [3.05, 3.63) is 21.1 Å². The van der Waals surface area contributed by atoms with Gasteiger partial charge in [0.1, 0.15) is 5.75 Å². The maximum Gasteiger partial charge on any atom is 0.409 e. The summed E-state index contributed by atoms with van der Waals surface area (Å²) in [5, 5.41) is 19.9. The van der Waals surface area contributed by atoms with Crippen LogP contribution >= 0.6 is 31.9 Å². The van der Waals surface area contributed by atoms with Gasteiger partial charge in [0.05, 0.1) is 8.95 Å². The summed E-state index contributed by atoms with van der Waals surface area (Å²) >= 11 is 6.15. The van der Waals surface area contributed by atoms with Gasteiger partial charge in [-0.05, 0) is 44.0 Å². The van der Waals surface area contributed by atoms with E-state index in [2.05, 4.69) is 37.2 Å². The van der Waals surface area contributed by atoms with Crippen LogP contribution in [0.3, 0.4) is 0 Å². The van der Waals surface area contributed by atoms with Crippen molar-refractivity contribution in [2.24, 2.45) is 0 Å². The van der Waals surface area contributed by atoms with Gasteiger partial charge in [0, 0.05) is 5.69 Å². The molecule has 0 heterocycles. The first kappa shape index (κ1) is 10.3. The second kappa shape index (κ2) is 3.97. The van der Waals surface area contributed by atoms with Crippen LogP contribution in [0.1, 0.15) is 0 Å². The molecular weight excluding hydrogens is 306 g/mol. The van der Waals surface area contributed by atoms with Gasteiger partial charge >= 0.3 is 6.09 Å². The van der Waals surface area contributed by atoms with Crippen LogP contribution < -0.4 is 5.32 Å². The maximum atomic E-state index is 10.3. The van der Waals surface area contributed by atoms with Gasteiger partial charge < -0.3 is 10.2 Å². The number of hydrogen-bond acceptors (Lipinski definition) is 2. The Morgan fingerprint density at radius 3 is 2.15 bits per heavy atom. The molecule has 0 aromatic heterocycles. The molecule has 4 nitrogen and oxygen atoms in total. The maximum absolute atomic E-state index is 10.3. The number of halogens is 2. The van der Waals surface area contributed by atoms with Crippen LogP contribution in [0, 0.1) is 0 Å². The Morgan fingerprint density at radius 2 is 1.77 bits per heavy atom. The summed E-state index contributed by atoms with van der Waals surface area (Å²) in [5.74, 6) is 0.0379. The van der Waals surface area contributed by atoms with E-state index >= 15 is 0 Å². The monoisotopic (exact) mass is 309 g/mol. The SMILES string of the molecule is O=C(O)Nc1cc(Br)c(O)c(Br)c1. The molecule has 0 radical (unpaired) electrons. The highest BCUT2D eigenvalue weighted by Crippen LogP contribution is 2.35. The van der Waals surface area contributed by atoms with Crippen LogP contribution in [0.5, 0.6) is 5.75 Å². The van der Waals surface area contributed by atoms with Gasteiger partial charge in [-0.1, -0.05) is 0 Å². The summed E-state index contributed by atoms with van der Waals surface area (Å²) in [6.45, 7) is 0. The fourth-order valence-corrected chi connectivity index (χ4v) is 1.95. The third-order valence-corrected chi connectivity index (χ3v) is 2.48. The third kappa shape index (κ3) is 2.60. The first-order valence-electron chi connectivity index (χ1n) is 3.18. The van der Waals surface area contributed by atoms with E-state index in [1.165, 1.54) is 12.1 Å². The molecular formula is C7H5Br2NO3. The molecule has 0 bridgehead atoms. The van der Waals surface area contributed by atoms with Gasteiger partial charge in [0.25, 0.3) is 0 Å². The largest absolute Gasteiger partial charge is 0.506 e. The van der Waals surface area contributed by atoms with Crippen molar-refractivity contribution < 1.29 is 15.0 Å². The molecule has 3 N–H and O–H groups in total. The normalized spacial score (nSPS) is 9.69. The lowest BCUT2D eigenvalue weighted by atomic mass is 10.3. The molecule has 0 unspecified atom stereocenters. The van der Waals surface area contributed by atoms with E-state index in [1.807, 2.05) is 0 Å². The zero-order valence-electron chi connectivity index (χ0n) is 6.21. The van der Waals surface area contributed by atoms with E-state index in [0.717, 1.165) is 0 Å². The number of hydrogen-bond donors (Lipinski definition) is 3. The number of rotatable bonds is 1. The lowest BCUT2D eigenvalue weighted by Crippen LogP contribution is -2.06. The molecule has 70 valence electrons. The number of phenolic OH excluding ortho intramolecular Hbond substituents is 1. The zero-order valence-corrected chi connectivity index (χ0v) is 9.39. The number of amides is 1. The average molecular weight is 311 g/mol. The molecule has 6 heteroatoms. The van der Waals surface area contributed by atoms with Crippen LogP contribution in [0.2, 0.25) is 0 Å². The molecule has 0 aliphatic rings. The topological polar surface area (TPSA) is 69.6 Å². The number of carboxylic acid groups (broad SMARTS) is 1. The van der Waals surface area contributed by atoms with Crippen LogP contribution in [0.15, 0.2) is 21.1 Å². The molecule has 0 saturated carbocycles. The van der Waals surface area contributed by atoms with Crippen LogP contribution in [0.25, 0.3) is 0 Å². The van der Waals surface area contributed by atoms with Gasteiger partial charge in [0.2, 0.25) is 0 Å². The van der Waals surface area contributed by atoms with Gasteiger partial charge in [-0.2, -0.15) is 0 Å². The van der Waals surface area contributed by atoms with Crippen molar-refractivity contribution in [3.8, 4) is 5.75 Å². The number of aromatic hydroxyl groups is 1. The van der Waals surface area contributed by atoms with E-state index in [1.54, 1.807) is 0 Å². The summed E-state index contributed by atoms with van der Waals surface area (Å²) in [7, 11) is 0. The van der Waals surface area contributed by atoms with Crippen molar-refractivity contribution in [3.63, 3.8) is 0 Å². The first-order valence-corrected chi connectivity index (χ1v) is 4.77. The van der Waals surface area contributed by atoms with Crippen molar-refractivity contribution in [1.29, 1.82) is 0 Å². The highest BCUT2D eigenvalue weighted by Gasteiger charge is 2.06. The summed E-state index contributed by atoms with van der Waals surface area (Å²) < 4.78 is 0.844. The van der Waals surface area contributed by atoms with Crippen LogP contribution in [-0.2, 0) is 0 Å². The highest BCUT2D eigenvalue weighted by atomic mass is 79.9. The molecule has 1 amide bonds. The molecule has 0 aliphatic carbocycles. The van der Waals surface area contributed by atoms with Crippen LogP contribution in [-0.4, -0.2) is 16.3 Å². The predicted octanol–water partition coefficient (Wildman–Crippen LogP) is 3.01. The molecule has 13 heavy (non-hydrogen) atoms. The number of benzene rings is 1. The van der Waals surface area contributed by atoms with Crippen molar-refractivity contribution in [1.82, 2.24) is 0 Å². The molecule has 1 rings (SSSR count). The minimum atomic E-state index is -1.15. The Morgan fingerprint density at radius 1 is 1.31 bits per heavy atom. The van der Waals surface area contributed by atoms with Gasteiger partial charge in [-0.3, -0.25) is 5.32 Å². The molecule has 0 fully saturated rings. The minimum absolute atomic E-state index is 0.0379. The lowest BCUT2D eigenvalue weighted by molar-refractivity contribution is 0.209. The Kier molecular flexibility index (Phi) is 3.16. The molecule has 0 atom stereocenters. The lowest BCUT2D eigenvalue weighted by Gasteiger charge is -2.04. The summed E-state index contributed by atoms with van der Waals surface area (Å²) in [4.78, 5) is 10.3. The molecule has 0 spiro atoms. The van der Waals surface area contributed by atoms with Gasteiger partial charge in [-0.15, -0.1) is 0 Å². The number of carbonyl (C=O) groups is 1. The number of anilines is 1. The summed E-state index contributed by atoms with van der Waals surface area (Å²) in [5.41, 5.74) is 0.379. The molecule has 1 aromatic rings. The zero-order chi connectivity index (χ0) is 10.0. The fraction of sp³-hybridized carbons (Fsp3) is 0. The Balaban J connectivity index is 3.06. The quantitative estimate of drug-likeness (QED) is 0.698. The minimum Gasteiger partial charge on any atom is -0.506 e. The van der Waals surface area contributed by atoms with E-state index in [0.29, 0.717) is 14.6 Å². The second-order valence-corrected chi connectivity index (χ2v) is 3.93. The van der Waals surface area contributed by atoms with E-state index in [4.69, 9.17) is 5.11 Å². The number of phenols is 1. The standard InChI is InChI=1S/C7H5Br2NO3/c8-4-1-3(10-7(12)13)2-5(9)6(4)11/h1-2,10-11H,(H,12,13). The Hall–Kier alpha value is -0.750. The van der Waals surface area contributed by atoms with E-state index < -0.39 is 6.09 Å².